The molecule has 3 rings (SSSR count). The molecular formula is C18H22IN3O2S2. The monoisotopic (exact) mass is 503 g/mol. The predicted molar refractivity (Wildman–Crippen MR) is 117 cm³/mol. The normalized spacial score (nSPS) is 11.9. The van der Waals surface area contributed by atoms with Crippen LogP contribution in [0.5, 0.6) is 0 Å². The number of ether oxygens (including phenoxy) is 1. The molecule has 0 aromatic carbocycles. The summed E-state index contributed by atoms with van der Waals surface area (Å²) >= 11 is 5.90. The fraction of sp³-hybridized carbons (Fsp3) is 0.444. The van der Waals surface area contributed by atoms with Crippen molar-refractivity contribution < 1.29 is 9.53 Å². The van der Waals surface area contributed by atoms with E-state index in [0.717, 1.165) is 17.9 Å². The fourth-order valence-corrected chi connectivity index (χ4v) is 5.84. The molecule has 8 heteroatoms. The second-order valence-electron chi connectivity index (χ2n) is 7.04. The summed E-state index contributed by atoms with van der Waals surface area (Å²) in [7, 11) is 0. The van der Waals surface area contributed by atoms with Crippen LogP contribution in [0.25, 0.3) is 20.0 Å². The Labute approximate surface area is 174 Å². The van der Waals surface area contributed by atoms with Gasteiger partial charge in [0, 0.05) is 15.9 Å². The summed E-state index contributed by atoms with van der Waals surface area (Å²) in [6, 6.07) is 4.40. The molecule has 0 aliphatic carbocycles. The van der Waals surface area contributed by atoms with Crippen molar-refractivity contribution in [2.24, 2.45) is 0 Å². The van der Waals surface area contributed by atoms with E-state index in [1.54, 1.807) is 27.6 Å². The van der Waals surface area contributed by atoms with Gasteiger partial charge in [0.2, 0.25) is 0 Å². The Morgan fingerprint density at radius 2 is 2.04 bits per heavy atom. The number of aromatic amines is 1. The Bertz CT molecular complexity index is 876. The number of rotatable bonds is 5. The van der Waals surface area contributed by atoms with Crippen molar-refractivity contribution in [2.45, 2.75) is 46.3 Å². The van der Waals surface area contributed by atoms with Crippen molar-refractivity contribution in [1.29, 1.82) is 0 Å². The molecule has 0 saturated heterocycles. The lowest BCUT2D eigenvalue weighted by atomic mass is 10.2. The van der Waals surface area contributed by atoms with E-state index in [1.165, 1.54) is 17.2 Å². The Kier molecular flexibility index (Phi) is 5.93. The summed E-state index contributed by atoms with van der Waals surface area (Å²) < 4.78 is 9.40. The quantitative estimate of drug-likeness (QED) is 0.428. The Hall–Kier alpha value is -1.13. The fourth-order valence-electron chi connectivity index (χ4n) is 2.52. The molecule has 0 aliphatic heterocycles. The van der Waals surface area contributed by atoms with E-state index in [9.17, 15) is 4.79 Å². The summed E-state index contributed by atoms with van der Waals surface area (Å²) in [5.41, 5.74) is 0.488. The third kappa shape index (κ3) is 4.77. The van der Waals surface area contributed by atoms with E-state index in [0.29, 0.717) is 13.1 Å². The van der Waals surface area contributed by atoms with Crippen molar-refractivity contribution in [2.75, 3.05) is 6.54 Å². The zero-order valence-electron chi connectivity index (χ0n) is 15.3. The van der Waals surface area contributed by atoms with Gasteiger partial charge in [-0.3, -0.25) is 0 Å². The second kappa shape index (κ2) is 7.85. The molecule has 0 spiro atoms. The van der Waals surface area contributed by atoms with Crippen LogP contribution in [0.1, 0.15) is 39.9 Å². The number of carbonyl (C=O) groups excluding carboxylic acids is 1. The van der Waals surface area contributed by atoms with Gasteiger partial charge in [-0.25, -0.2) is 9.78 Å². The number of hydrogen-bond acceptors (Lipinski definition) is 5. The Balaban J connectivity index is 1.74. The van der Waals surface area contributed by atoms with Crippen LogP contribution in [-0.4, -0.2) is 33.1 Å². The molecule has 3 aromatic rings. The first kappa shape index (κ1) is 19.6. The number of imidazole rings is 1. The number of carbonyl (C=O) groups is 1. The number of hydrogen-bond donors (Lipinski definition) is 1. The van der Waals surface area contributed by atoms with Gasteiger partial charge in [0.15, 0.2) is 0 Å². The molecule has 1 amide bonds. The third-order valence-electron chi connectivity index (χ3n) is 3.56. The zero-order valence-corrected chi connectivity index (χ0v) is 19.0. The average Bonchev–Trinajstić information content (AvgIpc) is 3.19. The highest BCUT2D eigenvalue weighted by Gasteiger charge is 2.22. The molecular weight excluding hydrogens is 481 g/mol. The van der Waals surface area contributed by atoms with Gasteiger partial charge in [0.25, 0.3) is 0 Å². The molecule has 3 aromatic heterocycles. The molecule has 140 valence electrons. The summed E-state index contributed by atoms with van der Waals surface area (Å²) in [4.78, 5) is 23.1. The number of nitrogens with zero attached hydrogens (tertiary/aromatic N) is 2. The maximum atomic E-state index is 12.4. The van der Waals surface area contributed by atoms with Gasteiger partial charge < -0.3 is 14.6 Å². The Morgan fingerprint density at radius 3 is 2.69 bits per heavy atom. The van der Waals surface area contributed by atoms with Crippen molar-refractivity contribution in [3.8, 4) is 10.6 Å². The molecule has 26 heavy (non-hydrogen) atoms. The topological polar surface area (TPSA) is 58.2 Å². The summed E-state index contributed by atoms with van der Waals surface area (Å²) in [6.45, 7) is 8.74. The molecule has 0 bridgehead atoms. The van der Waals surface area contributed by atoms with Gasteiger partial charge >= 0.3 is 6.09 Å². The van der Waals surface area contributed by atoms with Crippen LogP contribution in [0.2, 0.25) is 0 Å². The number of halogens is 1. The SMILES string of the molecule is CCCN(Cc1ncc(-c2cc3sc(I)cc3s2)[nH]1)C(=O)OC(C)(C)C. The molecule has 0 fully saturated rings. The number of aromatic nitrogens is 2. The minimum Gasteiger partial charge on any atom is -0.444 e. The van der Waals surface area contributed by atoms with Crippen LogP contribution in [0, 0.1) is 2.88 Å². The van der Waals surface area contributed by atoms with Crippen LogP contribution in [0.3, 0.4) is 0 Å². The van der Waals surface area contributed by atoms with Crippen molar-refractivity contribution in [1.82, 2.24) is 14.9 Å². The van der Waals surface area contributed by atoms with Gasteiger partial charge in [0.1, 0.15) is 11.4 Å². The van der Waals surface area contributed by atoms with E-state index in [2.05, 4.69) is 44.7 Å². The number of amides is 1. The summed E-state index contributed by atoms with van der Waals surface area (Å²) in [5.74, 6) is 0.769. The molecule has 0 unspecified atom stereocenters. The lowest BCUT2D eigenvalue weighted by Gasteiger charge is -2.26. The highest BCUT2D eigenvalue weighted by Crippen LogP contribution is 2.38. The highest BCUT2D eigenvalue weighted by molar-refractivity contribution is 14.1. The number of H-pyrrole nitrogens is 1. The van der Waals surface area contributed by atoms with E-state index >= 15 is 0 Å². The van der Waals surface area contributed by atoms with Crippen LogP contribution in [0.15, 0.2) is 18.3 Å². The first-order valence-corrected chi connectivity index (χ1v) is 11.2. The van der Waals surface area contributed by atoms with Gasteiger partial charge in [-0.1, -0.05) is 6.92 Å². The first-order chi connectivity index (χ1) is 12.2. The largest absolute Gasteiger partial charge is 0.444 e. The summed E-state index contributed by atoms with van der Waals surface area (Å²) in [6.07, 6.45) is 2.41. The van der Waals surface area contributed by atoms with Gasteiger partial charge in [-0.05, 0) is 61.9 Å². The molecule has 3 heterocycles. The average molecular weight is 503 g/mol. The molecule has 1 N–H and O–H groups in total. The molecule has 0 saturated carbocycles. The zero-order chi connectivity index (χ0) is 18.9. The van der Waals surface area contributed by atoms with E-state index in [4.69, 9.17) is 4.74 Å². The molecule has 0 atom stereocenters. The molecule has 0 aliphatic rings. The first-order valence-electron chi connectivity index (χ1n) is 8.46. The number of thiophene rings is 2. The van der Waals surface area contributed by atoms with Crippen molar-refractivity contribution in [3.05, 3.63) is 27.0 Å². The van der Waals surface area contributed by atoms with Crippen LogP contribution in [0.4, 0.5) is 4.79 Å². The van der Waals surface area contributed by atoms with Crippen LogP contribution >= 0.6 is 45.3 Å². The highest BCUT2D eigenvalue weighted by atomic mass is 127. The lowest BCUT2D eigenvalue weighted by molar-refractivity contribution is 0.0229. The second-order valence-corrected chi connectivity index (χ2v) is 11.1. The maximum Gasteiger partial charge on any atom is 0.410 e. The number of fused-ring (bicyclic) bond motifs is 1. The number of nitrogens with one attached hydrogen (secondary N) is 1. The van der Waals surface area contributed by atoms with Crippen molar-refractivity contribution >= 4 is 60.8 Å². The van der Waals surface area contributed by atoms with Crippen molar-refractivity contribution in [3.63, 3.8) is 0 Å². The molecule has 5 nitrogen and oxygen atoms in total. The summed E-state index contributed by atoms with van der Waals surface area (Å²) in [5, 5.41) is 0. The maximum absolute atomic E-state index is 12.4. The standard InChI is InChI=1S/C18H22IN3O2S2/c1-5-6-22(17(23)24-18(2,3)4)10-16-20-9-11(21-16)12-7-13-14(25-12)8-15(19)26-13/h7-9H,5-6,10H2,1-4H3,(H,20,21). The minimum atomic E-state index is -0.502. The minimum absolute atomic E-state index is 0.302. The van der Waals surface area contributed by atoms with Crippen LogP contribution < -0.4 is 0 Å². The van der Waals surface area contributed by atoms with E-state index in [-0.39, 0.29) is 6.09 Å². The lowest BCUT2D eigenvalue weighted by Crippen LogP contribution is -2.37. The van der Waals surface area contributed by atoms with Gasteiger partial charge in [-0.2, -0.15) is 0 Å². The smallest absolute Gasteiger partial charge is 0.410 e. The van der Waals surface area contributed by atoms with E-state index in [1.807, 2.05) is 33.9 Å². The van der Waals surface area contributed by atoms with E-state index < -0.39 is 5.60 Å². The van der Waals surface area contributed by atoms with Gasteiger partial charge in [-0.15, -0.1) is 22.7 Å². The Morgan fingerprint density at radius 1 is 1.31 bits per heavy atom. The molecule has 0 radical (unpaired) electrons. The van der Waals surface area contributed by atoms with Gasteiger partial charge in [0.05, 0.1) is 26.2 Å². The predicted octanol–water partition coefficient (Wildman–Crippen LogP) is 6.10. The third-order valence-corrected chi connectivity index (χ3v) is 6.64. The van der Waals surface area contributed by atoms with Crippen LogP contribution in [-0.2, 0) is 11.3 Å².